The summed E-state index contributed by atoms with van der Waals surface area (Å²) in [5, 5.41) is 7.52. The maximum atomic E-state index is 6.14. The second-order valence-electron chi connectivity index (χ2n) is 4.08. The third kappa shape index (κ3) is 3.75. The molecule has 0 aliphatic heterocycles. The highest BCUT2D eigenvalue weighted by Gasteiger charge is 2.05. The highest BCUT2D eigenvalue weighted by molar-refractivity contribution is 6.43. The molecule has 2 aromatic rings. The molecule has 3 nitrogen and oxygen atoms in total. The van der Waals surface area contributed by atoms with Crippen LogP contribution >= 0.6 is 23.2 Å². The van der Waals surface area contributed by atoms with Crippen LogP contribution in [0.2, 0.25) is 10.0 Å². The van der Waals surface area contributed by atoms with E-state index in [1.807, 2.05) is 24.3 Å². The van der Waals surface area contributed by atoms with Crippen molar-refractivity contribution in [3.63, 3.8) is 0 Å². The van der Waals surface area contributed by atoms with Crippen LogP contribution in [0.1, 0.15) is 13.3 Å². The Hall–Kier alpha value is -1.45. The van der Waals surface area contributed by atoms with Crippen LogP contribution in [0, 0.1) is 0 Å². The first-order valence-electron chi connectivity index (χ1n) is 6.11. The van der Waals surface area contributed by atoms with Crippen LogP contribution in [0.5, 0.6) is 0 Å². The molecule has 1 heterocycles. The van der Waals surface area contributed by atoms with Crippen LogP contribution in [-0.4, -0.2) is 11.5 Å². The smallest absolute Gasteiger partial charge is 0.127 e. The van der Waals surface area contributed by atoms with Crippen LogP contribution in [0.3, 0.4) is 0 Å². The molecule has 2 rings (SSSR count). The molecule has 2 N–H and O–H groups in total. The Labute approximate surface area is 123 Å². The maximum Gasteiger partial charge on any atom is 0.127 e. The Morgan fingerprint density at radius 3 is 2.84 bits per heavy atom. The molecule has 0 aliphatic carbocycles. The number of rotatable bonds is 5. The van der Waals surface area contributed by atoms with E-state index in [4.69, 9.17) is 23.2 Å². The Balaban J connectivity index is 2.16. The number of halogens is 2. The van der Waals surface area contributed by atoms with Crippen LogP contribution in [0.15, 0.2) is 36.5 Å². The zero-order valence-electron chi connectivity index (χ0n) is 10.6. The molecule has 5 heteroatoms. The van der Waals surface area contributed by atoms with Crippen molar-refractivity contribution in [1.82, 2.24) is 4.98 Å². The van der Waals surface area contributed by atoms with E-state index >= 15 is 0 Å². The number of hydrogen-bond acceptors (Lipinski definition) is 3. The van der Waals surface area contributed by atoms with Crippen molar-refractivity contribution in [3.8, 4) is 0 Å². The Morgan fingerprint density at radius 1 is 1.21 bits per heavy atom. The summed E-state index contributed by atoms with van der Waals surface area (Å²) in [4.78, 5) is 4.25. The molecule has 1 aromatic heterocycles. The average Bonchev–Trinajstić information content (AvgIpc) is 2.42. The van der Waals surface area contributed by atoms with Gasteiger partial charge in [0, 0.05) is 24.5 Å². The monoisotopic (exact) mass is 295 g/mol. The fourth-order valence-corrected chi connectivity index (χ4v) is 1.96. The van der Waals surface area contributed by atoms with Gasteiger partial charge in [-0.2, -0.15) is 0 Å². The lowest BCUT2D eigenvalue weighted by Gasteiger charge is -2.11. The topological polar surface area (TPSA) is 37.0 Å². The second kappa shape index (κ2) is 6.64. The van der Waals surface area contributed by atoms with Crippen molar-refractivity contribution in [2.24, 2.45) is 0 Å². The summed E-state index contributed by atoms with van der Waals surface area (Å²) >= 11 is 12.1. The van der Waals surface area contributed by atoms with Gasteiger partial charge in [0.1, 0.15) is 5.82 Å². The maximum absolute atomic E-state index is 6.14. The Bertz CT molecular complexity index is 558. The molecular formula is C14H15Cl2N3. The zero-order chi connectivity index (χ0) is 13.7. The van der Waals surface area contributed by atoms with Crippen molar-refractivity contribution in [2.75, 3.05) is 17.2 Å². The summed E-state index contributed by atoms with van der Waals surface area (Å²) < 4.78 is 0. The third-order valence-electron chi connectivity index (χ3n) is 2.55. The summed E-state index contributed by atoms with van der Waals surface area (Å²) in [6.45, 7) is 3.01. The van der Waals surface area contributed by atoms with Gasteiger partial charge in [0.15, 0.2) is 0 Å². The number of hydrogen-bond donors (Lipinski definition) is 2. The summed E-state index contributed by atoms with van der Waals surface area (Å²) in [6, 6.07) is 9.32. The summed E-state index contributed by atoms with van der Waals surface area (Å²) in [6.07, 6.45) is 2.80. The van der Waals surface area contributed by atoms with Gasteiger partial charge in [-0.25, -0.2) is 4.98 Å². The van der Waals surface area contributed by atoms with E-state index < -0.39 is 0 Å². The highest BCUT2D eigenvalue weighted by Crippen LogP contribution is 2.31. The molecule has 0 atom stereocenters. The number of pyridine rings is 1. The molecule has 0 amide bonds. The quantitative estimate of drug-likeness (QED) is 0.819. The fourth-order valence-electron chi connectivity index (χ4n) is 1.61. The normalized spacial score (nSPS) is 10.3. The standard InChI is InChI=1S/C14H15Cl2N3/c1-2-7-17-13-9-10(6-8-18-13)19-12-5-3-4-11(15)14(12)16/h3-6,8-9H,2,7H2,1H3,(H2,17,18,19). The first-order valence-corrected chi connectivity index (χ1v) is 6.87. The molecule has 0 saturated heterocycles. The third-order valence-corrected chi connectivity index (χ3v) is 3.37. The number of nitrogens with zero attached hydrogens (tertiary/aromatic N) is 1. The van der Waals surface area contributed by atoms with Crippen molar-refractivity contribution in [2.45, 2.75) is 13.3 Å². The number of nitrogens with one attached hydrogen (secondary N) is 2. The van der Waals surface area contributed by atoms with E-state index in [9.17, 15) is 0 Å². The van der Waals surface area contributed by atoms with Crippen molar-refractivity contribution >= 4 is 40.4 Å². The van der Waals surface area contributed by atoms with Crippen molar-refractivity contribution in [1.29, 1.82) is 0 Å². The van der Waals surface area contributed by atoms with Gasteiger partial charge in [-0.05, 0) is 24.6 Å². The number of benzene rings is 1. The molecular weight excluding hydrogens is 281 g/mol. The summed E-state index contributed by atoms with van der Waals surface area (Å²) in [5.41, 5.74) is 1.69. The second-order valence-corrected chi connectivity index (χ2v) is 4.87. The van der Waals surface area contributed by atoms with Gasteiger partial charge in [0.05, 0.1) is 15.7 Å². The van der Waals surface area contributed by atoms with Crippen molar-refractivity contribution in [3.05, 3.63) is 46.6 Å². The zero-order valence-corrected chi connectivity index (χ0v) is 12.1. The lowest BCUT2D eigenvalue weighted by molar-refractivity contribution is 0.969. The van der Waals surface area contributed by atoms with Crippen molar-refractivity contribution < 1.29 is 0 Å². The number of aromatic nitrogens is 1. The van der Waals surface area contributed by atoms with Gasteiger partial charge < -0.3 is 10.6 Å². The predicted octanol–water partition coefficient (Wildman–Crippen LogP) is 4.95. The minimum Gasteiger partial charge on any atom is -0.370 e. The first kappa shape index (κ1) is 14.0. The van der Waals surface area contributed by atoms with Crippen LogP contribution < -0.4 is 10.6 Å². The Kier molecular flexibility index (Phi) is 4.88. The lowest BCUT2D eigenvalue weighted by Crippen LogP contribution is -2.02. The molecule has 0 bridgehead atoms. The molecule has 0 unspecified atom stereocenters. The van der Waals surface area contributed by atoms with Gasteiger partial charge in [-0.3, -0.25) is 0 Å². The van der Waals surface area contributed by atoms with E-state index in [-0.39, 0.29) is 0 Å². The fraction of sp³-hybridized carbons (Fsp3) is 0.214. The van der Waals surface area contributed by atoms with E-state index in [0.717, 1.165) is 30.2 Å². The van der Waals surface area contributed by atoms with E-state index in [0.29, 0.717) is 10.0 Å². The summed E-state index contributed by atoms with van der Waals surface area (Å²) in [7, 11) is 0. The van der Waals surface area contributed by atoms with Crippen LogP contribution in [0.25, 0.3) is 0 Å². The predicted molar refractivity (Wildman–Crippen MR) is 82.8 cm³/mol. The average molecular weight is 296 g/mol. The van der Waals surface area contributed by atoms with Crippen LogP contribution in [0.4, 0.5) is 17.2 Å². The van der Waals surface area contributed by atoms with Gasteiger partial charge in [-0.1, -0.05) is 36.2 Å². The summed E-state index contributed by atoms with van der Waals surface area (Å²) in [5.74, 6) is 0.838. The minimum absolute atomic E-state index is 0.518. The molecule has 0 radical (unpaired) electrons. The van der Waals surface area contributed by atoms with E-state index in [1.165, 1.54) is 0 Å². The molecule has 19 heavy (non-hydrogen) atoms. The molecule has 100 valence electrons. The lowest BCUT2D eigenvalue weighted by atomic mass is 10.3. The van der Waals surface area contributed by atoms with Gasteiger partial charge in [0.25, 0.3) is 0 Å². The van der Waals surface area contributed by atoms with Crippen LogP contribution in [-0.2, 0) is 0 Å². The van der Waals surface area contributed by atoms with E-state index in [1.54, 1.807) is 12.3 Å². The van der Waals surface area contributed by atoms with Gasteiger partial charge in [0.2, 0.25) is 0 Å². The Morgan fingerprint density at radius 2 is 2.05 bits per heavy atom. The van der Waals surface area contributed by atoms with E-state index in [2.05, 4.69) is 22.5 Å². The van der Waals surface area contributed by atoms with Gasteiger partial charge >= 0.3 is 0 Å². The highest BCUT2D eigenvalue weighted by atomic mass is 35.5. The molecule has 0 aliphatic rings. The SMILES string of the molecule is CCCNc1cc(Nc2cccc(Cl)c2Cl)ccn1. The minimum atomic E-state index is 0.518. The molecule has 0 spiro atoms. The largest absolute Gasteiger partial charge is 0.370 e. The molecule has 0 saturated carbocycles. The molecule has 1 aromatic carbocycles. The number of anilines is 3. The molecule has 0 fully saturated rings. The first-order chi connectivity index (χ1) is 9.20. The van der Waals surface area contributed by atoms with Gasteiger partial charge in [-0.15, -0.1) is 0 Å².